The van der Waals surface area contributed by atoms with Gasteiger partial charge in [-0.2, -0.15) is 15.4 Å². The molecule has 0 aliphatic heterocycles. The zero-order valence-corrected chi connectivity index (χ0v) is 8.27. The Hall–Kier alpha value is -2.43. The van der Waals surface area contributed by atoms with E-state index in [1.807, 2.05) is 6.07 Å². The van der Waals surface area contributed by atoms with Crippen LogP contribution < -0.4 is 0 Å². The van der Waals surface area contributed by atoms with Crippen molar-refractivity contribution < 1.29 is 4.79 Å². The van der Waals surface area contributed by atoms with Crippen molar-refractivity contribution in [1.29, 1.82) is 0 Å². The van der Waals surface area contributed by atoms with Crippen molar-refractivity contribution in [1.82, 2.24) is 20.4 Å². The van der Waals surface area contributed by atoms with E-state index in [9.17, 15) is 4.79 Å². The molecule has 16 heavy (non-hydrogen) atoms. The van der Waals surface area contributed by atoms with Crippen LogP contribution in [0.25, 0.3) is 11.0 Å². The van der Waals surface area contributed by atoms with Gasteiger partial charge in [0.2, 0.25) is 5.78 Å². The third-order valence-electron chi connectivity index (χ3n) is 2.43. The highest BCUT2D eigenvalue weighted by molar-refractivity contribution is 6.14. The number of aromatic nitrogens is 4. The van der Waals surface area contributed by atoms with Gasteiger partial charge in [0.25, 0.3) is 0 Å². The summed E-state index contributed by atoms with van der Waals surface area (Å²) >= 11 is 0. The third-order valence-corrected chi connectivity index (χ3v) is 2.43. The molecule has 0 atom stereocenters. The monoisotopic (exact) mass is 212 g/mol. The second kappa shape index (κ2) is 3.30. The largest absolute Gasteiger partial charge is 0.359 e. The number of rotatable bonds is 2. The van der Waals surface area contributed by atoms with Gasteiger partial charge in [0.15, 0.2) is 0 Å². The molecule has 0 saturated carbocycles. The topological polar surface area (TPSA) is 74.4 Å². The van der Waals surface area contributed by atoms with Gasteiger partial charge >= 0.3 is 0 Å². The van der Waals surface area contributed by atoms with E-state index in [2.05, 4.69) is 20.4 Å². The molecule has 0 bridgehead atoms. The van der Waals surface area contributed by atoms with E-state index < -0.39 is 0 Å². The Labute approximate surface area is 90.5 Å². The molecule has 0 radical (unpaired) electrons. The smallest absolute Gasteiger partial charge is 0.211 e. The highest BCUT2D eigenvalue weighted by Gasteiger charge is 2.14. The number of hydrogen-bond acceptors (Lipinski definition) is 3. The van der Waals surface area contributed by atoms with Crippen molar-refractivity contribution in [3.63, 3.8) is 0 Å². The molecule has 0 aliphatic carbocycles. The maximum Gasteiger partial charge on any atom is 0.211 e. The Kier molecular flexibility index (Phi) is 1.83. The van der Waals surface area contributed by atoms with Gasteiger partial charge in [-0.1, -0.05) is 6.07 Å². The Morgan fingerprint density at radius 2 is 2.06 bits per heavy atom. The van der Waals surface area contributed by atoms with Gasteiger partial charge in [-0.3, -0.25) is 4.79 Å². The van der Waals surface area contributed by atoms with Crippen molar-refractivity contribution in [3.05, 3.63) is 47.8 Å². The SMILES string of the molecule is O=C(c1ccc[nH]1)c1cccc2n[nH]nc12. The molecule has 0 saturated heterocycles. The minimum absolute atomic E-state index is 0.0792. The van der Waals surface area contributed by atoms with Crippen LogP contribution >= 0.6 is 0 Å². The minimum atomic E-state index is -0.0792. The average molecular weight is 212 g/mol. The van der Waals surface area contributed by atoms with Gasteiger partial charge in [0, 0.05) is 6.20 Å². The number of benzene rings is 1. The summed E-state index contributed by atoms with van der Waals surface area (Å²) in [6.45, 7) is 0. The molecule has 3 aromatic rings. The first-order valence-electron chi connectivity index (χ1n) is 4.84. The summed E-state index contributed by atoms with van der Waals surface area (Å²) in [6.07, 6.45) is 1.72. The summed E-state index contributed by atoms with van der Waals surface area (Å²) in [5.41, 5.74) is 2.39. The lowest BCUT2D eigenvalue weighted by Crippen LogP contribution is -2.02. The van der Waals surface area contributed by atoms with Gasteiger partial charge in [0.1, 0.15) is 11.0 Å². The van der Waals surface area contributed by atoms with E-state index in [1.165, 1.54) is 0 Å². The minimum Gasteiger partial charge on any atom is -0.359 e. The molecule has 0 spiro atoms. The number of aromatic amines is 2. The summed E-state index contributed by atoms with van der Waals surface area (Å²) in [5, 5.41) is 10.4. The number of nitrogens with zero attached hydrogens (tertiary/aromatic N) is 2. The zero-order chi connectivity index (χ0) is 11.0. The molecule has 2 N–H and O–H groups in total. The lowest BCUT2D eigenvalue weighted by Gasteiger charge is -1.98. The van der Waals surface area contributed by atoms with Gasteiger partial charge in [0.05, 0.1) is 11.3 Å². The summed E-state index contributed by atoms with van der Waals surface area (Å²) in [6, 6.07) is 8.87. The lowest BCUT2D eigenvalue weighted by molar-refractivity contribution is 0.103. The Balaban J connectivity index is 2.19. The second-order valence-corrected chi connectivity index (χ2v) is 3.41. The lowest BCUT2D eigenvalue weighted by atomic mass is 10.1. The maximum absolute atomic E-state index is 12.1. The highest BCUT2D eigenvalue weighted by Crippen LogP contribution is 2.16. The quantitative estimate of drug-likeness (QED) is 0.632. The summed E-state index contributed by atoms with van der Waals surface area (Å²) < 4.78 is 0. The number of H-pyrrole nitrogens is 2. The number of fused-ring (bicyclic) bond motifs is 1. The molecular weight excluding hydrogens is 204 g/mol. The van der Waals surface area contributed by atoms with E-state index in [0.29, 0.717) is 22.3 Å². The number of carbonyl (C=O) groups excluding carboxylic acids is 1. The Morgan fingerprint density at radius 3 is 2.88 bits per heavy atom. The van der Waals surface area contributed by atoms with E-state index >= 15 is 0 Å². The van der Waals surface area contributed by atoms with Gasteiger partial charge < -0.3 is 4.98 Å². The maximum atomic E-state index is 12.1. The molecule has 0 fully saturated rings. The number of ketones is 1. The standard InChI is InChI=1S/C11H8N4O/c16-11(9-5-2-6-12-9)7-3-1-4-8-10(7)14-15-13-8/h1-6,12H,(H,13,14,15). The van der Waals surface area contributed by atoms with Gasteiger partial charge in [-0.25, -0.2) is 0 Å². The average Bonchev–Trinajstić information content (AvgIpc) is 2.98. The van der Waals surface area contributed by atoms with Gasteiger partial charge in [-0.15, -0.1) is 0 Å². The van der Waals surface area contributed by atoms with Crippen LogP contribution in [0, 0.1) is 0 Å². The number of carbonyl (C=O) groups is 1. The van der Waals surface area contributed by atoms with Crippen molar-refractivity contribution in [2.24, 2.45) is 0 Å². The van der Waals surface area contributed by atoms with Crippen LogP contribution in [-0.4, -0.2) is 26.2 Å². The zero-order valence-electron chi connectivity index (χ0n) is 8.27. The molecule has 0 aliphatic rings. The summed E-state index contributed by atoms with van der Waals surface area (Å²) in [5.74, 6) is -0.0792. The molecule has 5 nitrogen and oxygen atoms in total. The highest BCUT2D eigenvalue weighted by atomic mass is 16.1. The first-order chi connectivity index (χ1) is 7.86. The van der Waals surface area contributed by atoms with Crippen molar-refractivity contribution in [2.75, 3.05) is 0 Å². The van der Waals surface area contributed by atoms with Crippen LogP contribution in [0.15, 0.2) is 36.5 Å². The number of para-hydroxylation sites is 1. The van der Waals surface area contributed by atoms with Crippen molar-refractivity contribution in [3.8, 4) is 0 Å². The predicted molar refractivity (Wildman–Crippen MR) is 58.1 cm³/mol. The fourth-order valence-electron chi connectivity index (χ4n) is 1.67. The fourth-order valence-corrected chi connectivity index (χ4v) is 1.67. The molecule has 1 aromatic carbocycles. The van der Waals surface area contributed by atoms with Crippen molar-refractivity contribution >= 4 is 16.8 Å². The normalized spacial score (nSPS) is 10.8. The van der Waals surface area contributed by atoms with Crippen LogP contribution in [0.4, 0.5) is 0 Å². The first kappa shape index (κ1) is 8.84. The third kappa shape index (κ3) is 1.22. The number of hydrogen-bond donors (Lipinski definition) is 2. The van der Waals surface area contributed by atoms with Crippen molar-refractivity contribution in [2.45, 2.75) is 0 Å². The molecule has 2 heterocycles. The first-order valence-corrected chi connectivity index (χ1v) is 4.84. The molecular formula is C11H8N4O. The predicted octanol–water partition coefficient (Wildman–Crippen LogP) is 1.52. The molecule has 5 heteroatoms. The van der Waals surface area contributed by atoms with E-state index in [1.54, 1.807) is 30.5 Å². The van der Waals surface area contributed by atoms with E-state index in [0.717, 1.165) is 0 Å². The fraction of sp³-hybridized carbons (Fsp3) is 0. The van der Waals surface area contributed by atoms with Crippen LogP contribution in [0.3, 0.4) is 0 Å². The molecule has 2 aromatic heterocycles. The summed E-state index contributed by atoms with van der Waals surface area (Å²) in [4.78, 5) is 15.0. The Morgan fingerprint density at radius 1 is 1.12 bits per heavy atom. The Bertz CT molecular complexity index is 639. The molecule has 0 amide bonds. The number of nitrogens with one attached hydrogen (secondary N) is 2. The van der Waals surface area contributed by atoms with Crippen LogP contribution in [0.1, 0.15) is 16.1 Å². The van der Waals surface area contributed by atoms with Crippen LogP contribution in [-0.2, 0) is 0 Å². The van der Waals surface area contributed by atoms with Gasteiger partial charge in [-0.05, 0) is 24.3 Å². The van der Waals surface area contributed by atoms with Crippen LogP contribution in [0.5, 0.6) is 0 Å². The summed E-state index contributed by atoms with van der Waals surface area (Å²) in [7, 11) is 0. The molecule has 0 unspecified atom stereocenters. The molecule has 3 rings (SSSR count). The molecule has 78 valence electrons. The van der Waals surface area contributed by atoms with Crippen LogP contribution in [0.2, 0.25) is 0 Å². The van der Waals surface area contributed by atoms with E-state index in [-0.39, 0.29) is 5.78 Å². The second-order valence-electron chi connectivity index (χ2n) is 3.41. The van der Waals surface area contributed by atoms with E-state index in [4.69, 9.17) is 0 Å².